The van der Waals surface area contributed by atoms with E-state index in [2.05, 4.69) is 17.2 Å². The highest BCUT2D eigenvalue weighted by molar-refractivity contribution is 7.98. The Balaban J connectivity index is 2.21. The van der Waals surface area contributed by atoms with E-state index >= 15 is 0 Å². The van der Waals surface area contributed by atoms with Gasteiger partial charge in [0.2, 0.25) is 0 Å². The molecule has 0 radical (unpaired) electrons. The number of nitrogens with one attached hydrogen (secondary N) is 2. The standard InChI is InChI=1S/C16H20N2O4S/c1-10-13(15(19)22-8-9-23-3)14(18-16(20)17-10)11-4-6-12(21-2)7-5-11/h4-7,13-14H,1,8-9H2,2-3H3,(H2,17,18,20)/t13-,14-/m0/s1. The molecule has 1 fully saturated rings. The van der Waals surface area contributed by atoms with Crippen LogP contribution in [0.2, 0.25) is 0 Å². The quantitative estimate of drug-likeness (QED) is 0.614. The SMILES string of the molecule is C=C1NC(=O)N[C@@H](c2ccc(OC)cc2)[C@H]1C(=O)OCCSC. The molecule has 1 saturated heterocycles. The zero-order valence-electron chi connectivity index (χ0n) is 13.1. The zero-order chi connectivity index (χ0) is 16.8. The molecule has 23 heavy (non-hydrogen) atoms. The van der Waals surface area contributed by atoms with Crippen LogP contribution in [0.25, 0.3) is 0 Å². The molecule has 1 aromatic carbocycles. The van der Waals surface area contributed by atoms with Gasteiger partial charge >= 0.3 is 12.0 Å². The molecule has 0 bridgehead atoms. The fraction of sp³-hybridized carbons (Fsp3) is 0.375. The molecule has 0 unspecified atom stereocenters. The third-order valence-electron chi connectivity index (χ3n) is 3.53. The summed E-state index contributed by atoms with van der Waals surface area (Å²) >= 11 is 1.59. The van der Waals surface area contributed by atoms with Crippen LogP contribution in [0, 0.1) is 5.92 Å². The highest BCUT2D eigenvalue weighted by Gasteiger charge is 2.38. The maximum Gasteiger partial charge on any atom is 0.319 e. The number of amides is 2. The first-order valence-corrected chi connectivity index (χ1v) is 8.52. The molecule has 1 aliphatic heterocycles. The lowest BCUT2D eigenvalue weighted by atomic mass is 9.89. The Bertz CT molecular complexity index is 588. The lowest BCUT2D eigenvalue weighted by Gasteiger charge is -2.33. The minimum atomic E-state index is -0.678. The fourth-order valence-corrected chi connectivity index (χ4v) is 2.62. The van der Waals surface area contributed by atoms with Crippen molar-refractivity contribution >= 4 is 23.8 Å². The van der Waals surface area contributed by atoms with E-state index in [0.717, 1.165) is 11.3 Å². The molecule has 1 aliphatic rings. The van der Waals surface area contributed by atoms with E-state index in [1.165, 1.54) is 0 Å². The summed E-state index contributed by atoms with van der Waals surface area (Å²) < 4.78 is 10.4. The van der Waals surface area contributed by atoms with Crippen molar-refractivity contribution in [3.8, 4) is 5.75 Å². The Morgan fingerprint density at radius 3 is 2.65 bits per heavy atom. The second-order valence-corrected chi connectivity index (χ2v) is 6.00. The van der Waals surface area contributed by atoms with Crippen LogP contribution in [0.15, 0.2) is 36.5 Å². The van der Waals surface area contributed by atoms with Crippen molar-refractivity contribution in [2.24, 2.45) is 5.92 Å². The molecule has 2 rings (SSSR count). The number of methoxy groups -OCH3 is 1. The molecule has 0 aromatic heterocycles. The van der Waals surface area contributed by atoms with Gasteiger partial charge in [0, 0.05) is 11.4 Å². The minimum Gasteiger partial charge on any atom is -0.497 e. The van der Waals surface area contributed by atoms with E-state index in [-0.39, 0.29) is 6.03 Å². The maximum absolute atomic E-state index is 12.4. The first-order valence-electron chi connectivity index (χ1n) is 7.12. The van der Waals surface area contributed by atoms with E-state index in [4.69, 9.17) is 9.47 Å². The first kappa shape index (κ1) is 17.2. The normalized spacial score (nSPS) is 20.4. The Morgan fingerprint density at radius 2 is 2.04 bits per heavy atom. The van der Waals surface area contributed by atoms with Crippen molar-refractivity contribution in [2.45, 2.75) is 6.04 Å². The minimum absolute atomic E-state index is 0.326. The van der Waals surface area contributed by atoms with Crippen LogP contribution in [0.5, 0.6) is 5.75 Å². The molecular formula is C16H20N2O4S. The fourth-order valence-electron chi connectivity index (χ4n) is 2.37. The molecule has 0 saturated carbocycles. The maximum atomic E-state index is 12.4. The number of esters is 1. The first-order chi connectivity index (χ1) is 11.1. The van der Waals surface area contributed by atoms with Crippen molar-refractivity contribution in [1.82, 2.24) is 10.6 Å². The van der Waals surface area contributed by atoms with Crippen LogP contribution in [0.1, 0.15) is 11.6 Å². The van der Waals surface area contributed by atoms with Gasteiger partial charge in [0.25, 0.3) is 0 Å². The summed E-state index contributed by atoms with van der Waals surface area (Å²) in [6.07, 6.45) is 1.94. The molecule has 0 spiro atoms. The monoisotopic (exact) mass is 336 g/mol. The summed E-state index contributed by atoms with van der Waals surface area (Å²) in [5.41, 5.74) is 1.12. The number of rotatable bonds is 6. The molecule has 2 atom stereocenters. The average Bonchev–Trinajstić information content (AvgIpc) is 2.54. The average molecular weight is 336 g/mol. The van der Waals surface area contributed by atoms with Crippen molar-refractivity contribution < 1.29 is 19.1 Å². The molecule has 2 amide bonds. The number of urea groups is 1. The topological polar surface area (TPSA) is 76.7 Å². The summed E-state index contributed by atoms with van der Waals surface area (Å²) in [5.74, 6) is 0.338. The predicted octanol–water partition coefficient (Wildman–Crippen LogP) is 2.09. The summed E-state index contributed by atoms with van der Waals surface area (Å²) in [6.45, 7) is 4.13. The van der Waals surface area contributed by atoms with Gasteiger partial charge in [-0.05, 0) is 24.0 Å². The van der Waals surface area contributed by atoms with Gasteiger partial charge in [0.05, 0.1) is 13.2 Å². The van der Waals surface area contributed by atoms with Crippen molar-refractivity contribution in [3.63, 3.8) is 0 Å². The second kappa shape index (κ2) is 7.92. The number of carbonyl (C=O) groups is 2. The number of hydrogen-bond acceptors (Lipinski definition) is 5. The van der Waals surface area contributed by atoms with Crippen LogP contribution in [-0.2, 0) is 9.53 Å². The van der Waals surface area contributed by atoms with E-state index < -0.39 is 17.9 Å². The van der Waals surface area contributed by atoms with Crippen molar-refractivity contribution in [1.29, 1.82) is 0 Å². The number of hydrogen-bond donors (Lipinski definition) is 2. The number of thioether (sulfide) groups is 1. The Morgan fingerprint density at radius 1 is 1.35 bits per heavy atom. The van der Waals surface area contributed by atoms with Crippen LogP contribution >= 0.6 is 11.8 Å². The van der Waals surface area contributed by atoms with E-state index in [1.807, 2.05) is 18.4 Å². The van der Waals surface area contributed by atoms with Gasteiger partial charge in [-0.25, -0.2) is 4.79 Å². The lowest BCUT2D eigenvalue weighted by Crippen LogP contribution is -2.51. The van der Waals surface area contributed by atoms with Gasteiger partial charge < -0.3 is 20.1 Å². The van der Waals surface area contributed by atoms with Crippen LogP contribution in [0.3, 0.4) is 0 Å². The second-order valence-electron chi connectivity index (χ2n) is 5.01. The molecule has 0 aliphatic carbocycles. The molecule has 7 heteroatoms. The third kappa shape index (κ3) is 4.19. The van der Waals surface area contributed by atoms with Gasteiger partial charge in [-0.3, -0.25) is 4.79 Å². The van der Waals surface area contributed by atoms with Crippen LogP contribution in [0.4, 0.5) is 4.79 Å². The van der Waals surface area contributed by atoms with Crippen molar-refractivity contribution in [3.05, 3.63) is 42.1 Å². The van der Waals surface area contributed by atoms with Gasteiger partial charge in [0.15, 0.2) is 0 Å². The van der Waals surface area contributed by atoms with Crippen molar-refractivity contribution in [2.75, 3.05) is 25.7 Å². The molecule has 124 valence electrons. The van der Waals surface area contributed by atoms with Gasteiger partial charge in [-0.15, -0.1) is 0 Å². The van der Waals surface area contributed by atoms with Gasteiger partial charge in [-0.2, -0.15) is 11.8 Å². The molecule has 6 nitrogen and oxygen atoms in total. The summed E-state index contributed by atoms with van der Waals surface area (Å²) in [5, 5.41) is 5.31. The summed E-state index contributed by atoms with van der Waals surface area (Å²) in [7, 11) is 1.58. The molecule has 1 heterocycles. The zero-order valence-corrected chi connectivity index (χ0v) is 13.9. The van der Waals surface area contributed by atoms with E-state index in [0.29, 0.717) is 18.1 Å². The van der Waals surface area contributed by atoms with Crippen LogP contribution in [-0.4, -0.2) is 37.7 Å². The third-order valence-corrected chi connectivity index (χ3v) is 4.10. The largest absolute Gasteiger partial charge is 0.497 e. The highest BCUT2D eigenvalue weighted by Crippen LogP contribution is 2.31. The number of carbonyl (C=O) groups excluding carboxylic acids is 2. The lowest BCUT2D eigenvalue weighted by molar-refractivity contribution is -0.147. The van der Waals surface area contributed by atoms with E-state index in [1.54, 1.807) is 31.0 Å². The summed E-state index contributed by atoms with van der Waals surface area (Å²) in [4.78, 5) is 24.1. The summed E-state index contributed by atoms with van der Waals surface area (Å²) in [6, 6.07) is 6.27. The van der Waals surface area contributed by atoms with E-state index in [9.17, 15) is 9.59 Å². The number of benzene rings is 1. The van der Waals surface area contributed by atoms with Gasteiger partial charge in [0.1, 0.15) is 18.3 Å². The predicted molar refractivity (Wildman–Crippen MR) is 89.4 cm³/mol. The molecule has 2 N–H and O–H groups in total. The van der Waals surface area contributed by atoms with Gasteiger partial charge in [-0.1, -0.05) is 18.7 Å². The molecular weight excluding hydrogens is 316 g/mol. The smallest absolute Gasteiger partial charge is 0.319 e. The number of ether oxygens (including phenoxy) is 2. The Hall–Kier alpha value is -2.15. The molecule has 1 aromatic rings. The van der Waals surface area contributed by atoms with Crippen LogP contribution < -0.4 is 15.4 Å². The Kier molecular flexibility index (Phi) is 5.92. The highest BCUT2D eigenvalue weighted by atomic mass is 32.2. The Labute approximate surface area is 139 Å².